The lowest BCUT2D eigenvalue weighted by atomic mass is 9.87. The van der Waals surface area contributed by atoms with Crippen LogP contribution in [-0.4, -0.2) is 11.0 Å². The first-order valence-corrected chi connectivity index (χ1v) is 9.88. The van der Waals surface area contributed by atoms with Gasteiger partial charge in [0, 0.05) is 4.90 Å². The Hall–Kier alpha value is -2.44. The molecule has 0 unspecified atom stereocenters. The fraction of sp³-hybridized carbons (Fsp3) is 0.348. The number of hydrogen-bond donors (Lipinski definition) is 4. The number of benzene rings is 2. The number of hydrazine groups is 1. The van der Waals surface area contributed by atoms with Crippen molar-refractivity contribution in [3.8, 4) is 5.75 Å². The summed E-state index contributed by atoms with van der Waals surface area (Å²) in [6.07, 6.45) is 0. The number of phenols is 1. The monoisotopic (exact) mass is 413 g/mol. The van der Waals surface area contributed by atoms with Crippen molar-refractivity contribution in [2.24, 2.45) is 5.84 Å². The quantitative estimate of drug-likeness (QED) is 0.140. The molecular weight excluding hydrogens is 382 g/mol. The number of hydrogen-bond acceptors (Lipinski definition) is 5. The minimum Gasteiger partial charge on any atom is -0.506 e. The number of amides is 1. The Kier molecular flexibility index (Phi) is 6.40. The highest BCUT2D eigenvalue weighted by Gasteiger charge is 2.22. The average Bonchev–Trinajstić information content (AvgIpc) is 2.60. The second-order valence-electron chi connectivity index (χ2n) is 9.21. The summed E-state index contributed by atoms with van der Waals surface area (Å²) in [6, 6.07) is 10.8. The summed E-state index contributed by atoms with van der Waals surface area (Å²) in [6.45, 7) is 16.3. The van der Waals surface area contributed by atoms with Crippen LogP contribution >= 0.6 is 12.6 Å². The van der Waals surface area contributed by atoms with E-state index in [4.69, 9.17) is 5.84 Å². The molecule has 0 saturated heterocycles. The Morgan fingerprint density at radius 2 is 1.55 bits per heavy atom. The van der Waals surface area contributed by atoms with E-state index in [2.05, 4.69) is 66.1 Å². The third-order valence-electron chi connectivity index (χ3n) is 4.73. The van der Waals surface area contributed by atoms with E-state index in [1.165, 1.54) is 0 Å². The lowest BCUT2D eigenvalue weighted by Crippen LogP contribution is -2.40. The van der Waals surface area contributed by atoms with E-state index in [0.717, 1.165) is 16.1 Å². The summed E-state index contributed by atoms with van der Waals surface area (Å²) in [5.74, 6) is 5.57. The summed E-state index contributed by atoms with van der Waals surface area (Å²) in [5.41, 5.74) is 2.87. The van der Waals surface area contributed by atoms with E-state index in [0.29, 0.717) is 16.3 Å². The lowest BCUT2D eigenvalue weighted by Gasteiger charge is -2.24. The SMILES string of the molecule is C=C(Nc1cc(C(C)(C)C)ccc1O)C(=O)N(N)c1ccc(C(C)(C)C)cc1S. The van der Waals surface area contributed by atoms with E-state index < -0.39 is 5.91 Å². The molecule has 6 heteroatoms. The molecule has 0 aliphatic rings. The third-order valence-corrected chi connectivity index (χ3v) is 5.08. The van der Waals surface area contributed by atoms with Gasteiger partial charge in [0.25, 0.3) is 5.91 Å². The Morgan fingerprint density at radius 3 is 2.07 bits per heavy atom. The maximum Gasteiger partial charge on any atom is 0.288 e. The van der Waals surface area contributed by atoms with E-state index in [9.17, 15) is 9.90 Å². The predicted octanol–water partition coefficient (Wildman–Crippen LogP) is 5.11. The van der Waals surface area contributed by atoms with Crippen molar-refractivity contribution in [1.82, 2.24) is 0 Å². The standard InChI is InChI=1S/C23H31N3O2S/c1-14(25-17-12-15(22(2,3)4)9-11-19(17)27)21(28)26(24)18-10-8-16(13-20(18)29)23(5,6)7/h8-13,25,27,29H,1,24H2,2-7H3. The first-order chi connectivity index (χ1) is 13.2. The summed E-state index contributed by atoms with van der Waals surface area (Å²) < 4.78 is 0. The number of thiol groups is 1. The van der Waals surface area contributed by atoms with Crippen LogP contribution in [0.3, 0.4) is 0 Å². The summed E-state index contributed by atoms with van der Waals surface area (Å²) >= 11 is 4.50. The molecule has 2 aromatic carbocycles. The molecule has 0 heterocycles. The van der Waals surface area contributed by atoms with Gasteiger partial charge in [0.1, 0.15) is 5.75 Å². The van der Waals surface area contributed by atoms with Crippen molar-refractivity contribution >= 4 is 29.9 Å². The van der Waals surface area contributed by atoms with Crippen LogP contribution in [0, 0.1) is 0 Å². The fourth-order valence-corrected chi connectivity index (χ4v) is 3.09. The normalized spacial score (nSPS) is 11.9. The van der Waals surface area contributed by atoms with Gasteiger partial charge in [-0.2, -0.15) is 0 Å². The van der Waals surface area contributed by atoms with Gasteiger partial charge in [-0.15, -0.1) is 12.6 Å². The van der Waals surface area contributed by atoms with E-state index in [-0.39, 0.29) is 22.3 Å². The first kappa shape index (κ1) is 22.8. The number of aromatic hydroxyl groups is 1. The van der Waals surface area contributed by atoms with E-state index >= 15 is 0 Å². The molecule has 0 saturated carbocycles. The van der Waals surface area contributed by atoms with E-state index in [1.54, 1.807) is 18.2 Å². The Morgan fingerprint density at radius 1 is 1.03 bits per heavy atom. The molecule has 0 aliphatic heterocycles. The number of anilines is 2. The Labute approximate surface area is 179 Å². The second kappa shape index (κ2) is 8.13. The number of nitrogens with one attached hydrogen (secondary N) is 1. The molecule has 0 bridgehead atoms. The smallest absolute Gasteiger partial charge is 0.288 e. The maximum absolute atomic E-state index is 12.8. The molecule has 1 amide bonds. The molecule has 0 spiro atoms. The minimum absolute atomic E-state index is 0.0277. The summed E-state index contributed by atoms with van der Waals surface area (Å²) in [4.78, 5) is 13.4. The summed E-state index contributed by atoms with van der Waals surface area (Å²) in [5, 5.41) is 14.1. The first-order valence-electron chi connectivity index (χ1n) is 9.44. The average molecular weight is 414 g/mol. The highest BCUT2D eigenvalue weighted by Crippen LogP contribution is 2.33. The molecule has 0 fully saturated rings. The Bertz CT molecular complexity index is 940. The van der Waals surface area contributed by atoms with Crippen LogP contribution in [0.4, 0.5) is 11.4 Å². The molecule has 2 aromatic rings. The van der Waals surface area contributed by atoms with Gasteiger partial charge in [0.2, 0.25) is 0 Å². The highest BCUT2D eigenvalue weighted by atomic mass is 32.1. The van der Waals surface area contributed by atoms with Crippen LogP contribution in [0.1, 0.15) is 52.7 Å². The van der Waals surface area contributed by atoms with Crippen LogP contribution in [0.25, 0.3) is 0 Å². The molecule has 4 N–H and O–H groups in total. The lowest BCUT2D eigenvalue weighted by molar-refractivity contribution is -0.115. The maximum atomic E-state index is 12.8. The van der Waals surface area contributed by atoms with Crippen LogP contribution in [0.2, 0.25) is 0 Å². The zero-order chi connectivity index (χ0) is 22.1. The zero-order valence-electron chi connectivity index (χ0n) is 18.0. The second-order valence-corrected chi connectivity index (χ2v) is 9.70. The van der Waals surface area contributed by atoms with Crippen LogP contribution in [-0.2, 0) is 15.6 Å². The number of nitrogens with zero attached hydrogens (tertiary/aromatic N) is 1. The molecule has 0 aliphatic carbocycles. The van der Waals surface area contributed by atoms with Gasteiger partial charge < -0.3 is 10.4 Å². The number of phenolic OH excluding ortho intramolecular Hbond substituents is 1. The van der Waals surface area contributed by atoms with Gasteiger partial charge >= 0.3 is 0 Å². The fourth-order valence-electron chi connectivity index (χ4n) is 2.77. The molecule has 2 rings (SSSR count). The predicted molar refractivity (Wildman–Crippen MR) is 124 cm³/mol. The van der Waals surface area contributed by atoms with Crippen molar-refractivity contribution in [1.29, 1.82) is 0 Å². The molecule has 5 nitrogen and oxygen atoms in total. The van der Waals surface area contributed by atoms with Crippen LogP contribution in [0.5, 0.6) is 5.75 Å². The van der Waals surface area contributed by atoms with Gasteiger partial charge in [-0.3, -0.25) is 4.79 Å². The Balaban J connectivity index is 2.24. The van der Waals surface area contributed by atoms with Crippen molar-refractivity contribution in [3.63, 3.8) is 0 Å². The largest absolute Gasteiger partial charge is 0.506 e. The van der Waals surface area contributed by atoms with Gasteiger partial charge in [-0.05, 0) is 46.2 Å². The van der Waals surface area contributed by atoms with Crippen LogP contribution < -0.4 is 16.2 Å². The highest BCUT2D eigenvalue weighted by molar-refractivity contribution is 7.80. The molecule has 29 heavy (non-hydrogen) atoms. The zero-order valence-corrected chi connectivity index (χ0v) is 18.9. The number of nitrogens with two attached hydrogens (primary N) is 1. The number of carbonyl (C=O) groups is 1. The topological polar surface area (TPSA) is 78.6 Å². The van der Waals surface area contributed by atoms with Gasteiger partial charge in [-0.25, -0.2) is 10.9 Å². The molecule has 0 atom stereocenters. The van der Waals surface area contributed by atoms with Gasteiger partial charge in [-0.1, -0.05) is 60.3 Å². The summed E-state index contributed by atoms with van der Waals surface area (Å²) in [7, 11) is 0. The third kappa shape index (κ3) is 5.34. The molecular formula is C23H31N3O2S. The van der Waals surface area contributed by atoms with E-state index in [1.807, 2.05) is 18.2 Å². The van der Waals surface area contributed by atoms with Gasteiger partial charge in [0.15, 0.2) is 0 Å². The van der Waals surface area contributed by atoms with Crippen molar-refractivity contribution < 1.29 is 9.90 Å². The van der Waals surface area contributed by atoms with Gasteiger partial charge in [0.05, 0.1) is 17.1 Å². The van der Waals surface area contributed by atoms with Crippen molar-refractivity contribution in [3.05, 3.63) is 59.8 Å². The number of carbonyl (C=O) groups excluding carboxylic acids is 1. The molecule has 156 valence electrons. The van der Waals surface area contributed by atoms with Crippen molar-refractivity contribution in [2.45, 2.75) is 57.3 Å². The van der Waals surface area contributed by atoms with Crippen molar-refractivity contribution in [2.75, 3.05) is 10.3 Å². The molecule has 0 radical (unpaired) electrons. The molecule has 0 aromatic heterocycles. The minimum atomic E-state index is -0.524. The van der Waals surface area contributed by atoms with Crippen LogP contribution in [0.15, 0.2) is 53.6 Å². The number of rotatable bonds is 4.